The smallest absolute Gasteiger partial charge is 0.00589 e. The summed E-state index contributed by atoms with van der Waals surface area (Å²) in [5.41, 5.74) is 0. The van der Waals surface area contributed by atoms with E-state index in [0.717, 1.165) is 0 Å². The highest BCUT2D eigenvalue weighted by Crippen LogP contribution is 2.12. The van der Waals surface area contributed by atoms with Crippen LogP contribution >= 0.6 is 0 Å². The number of allylic oxidation sites excluding steroid dienone is 2. The van der Waals surface area contributed by atoms with Gasteiger partial charge in [-0.2, -0.15) is 0 Å². The third-order valence-corrected chi connectivity index (χ3v) is 2.00. The standard InChI is InChI=1S/C11H20/c1-4-7-8-9-10-11(5-2)6-3/h5-6,11H,2-4,7-10H2,1H3. The van der Waals surface area contributed by atoms with Gasteiger partial charge in [-0.1, -0.05) is 44.8 Å². The van der Waals surface area contributed by atoms with Crippen LogP contribution in [-0.2, 0) is 0 Å². The zero-order valence-corrected chi connectivity index (χ0v) is 7.68. The summed E-state index contributed by atoms with van der Waals surface area (Å²) in [7, 11) is 0. The van der Waals surface area contributed by atoms with Crippen molar-refractivity contribution in [2.24, 2.45) is 5.92 Å². The summed E-state index contributed by atoms with van der Waals surface area (Å²) >= 11 is 0. The molecule has 11 heavy (non-hydrogen) atoms. The van der Waals surface area contributed by atoms with Gasteiger partial charge in [0.25, 0.3) is 0 Å². The van der Waals surface area contributed by atoms with E-state index in [-0.39, 0.29) is 0 Å². The van der Waals surface area contributed by atoms with Crippen molar-refractivity contribution >= 4 is 0 Å². The van der Waals surface area contributed by atoms with Gasteiger partial charge in [0.15, 0.2) is 0 Å². The lowest BCUT2D eigenvalue weighted by Crippen LogP contribution is -1.90. The summed E-state index contributed by atoms with van der Waals surface area (Å²) < 4.78 is 0. The first-order valence-corrected chi connectivity index (χ1v) is 4.60. The van der Waals surface area contributed by atoms with Gasteiger partial charge in [0.05, 0.1) is 0 Å². The van der Waals surface area contributed by atoms with Crippen molar-refractivity contribution in [3.63, 3.8) is 0 Å². The Hall–Kier alpha value is -0.520. The molecule has 0 N–H and O–H groups in total. The van der Waals surface area contributed by atoms with Crippen LogP contribution in [-0.4, -0.2) is 0 Å². The molecule has 0 aromatic heterocycles. The molecular formula is C11H20. The molecule has 0 bridgehead atoms. The van der Waals surface area contributed by atoms with Crippen LogP contribution in [0, 0.1) is 5.92 Å². The van der Waals surface area contributed by atoms with E-state index in [2.05, 4.69) is 20.1 Å². The fraction of sp³-hybridized carbons (Fsp3) is 0.636. The Kier molecular flexibility index (Phi) is 7.23. The maximum atomic E-state index is 3.76. The zero-order chi connectivity index (χ0) is 8.53. The molecule has 0 nitrogen and oxygen atoms in total. The molecule has 0 aromatic rings. The lowest BCUT2D eigenvalue weighted by molar-refractivity contribution is 0.591. The third-order valence-electron chi connectivity index (χ3n) is 2.00. The van der Waals surface area contributed by atoms with Gasteiger partial charge in [-0.15, -0.1) is 13.2 Å². The number of unbranched alkanes of at least 4 members (excludes halogenated alkanes) is 3. The Morgan fingerprint density at radius 1 is 1.09 bits per heavy atom. The van der Waals surface area contributed by atoms with E-state index >= 15 is 0 Å². The van der Waals surface area contributed by atoms with E-state index in [1.54, 1.807) is 0 Å². The third kappa shape index (κ3) is 5.90. The Bertz CT molecular complexity index is 94.6. The monoisotopic (exact) mass is 152 g/mol. The van der Waals surface area contributed by atoms with Crippen LogP contribution in [0.2, 0.25) is 0 Å². The second kappa shape index (κ2) is 7.59. The van der Waals surface area contributed by atoms with E-state index < -0.39 is 0 Å². The quantitative estimate of drug-likeness (QED) is 0.383. The topological polar surface area (TPSA) is 0 Å². The van der Waals surface area contributed by atoms with Crippen LogP contribution in [0.5, 0.6) is 0 Å². The van der Waals surface area contributed by atoms with Crippen molar-refractivity contribution in [3.05, 3.63) is 25.3 Å². The molecule has 0 aromatic carbocycles. The predicted octanol–water partition coefficient (Wildman–Crippen LogP) is 3.95. The summed E-state index contributed by atoms with van der Waals surface area (Å²) in [6.07, 6.45) is 10.5. The number of rotatable bonds is 7. The van der Waals surface area contributed by atoms with Crippen molar-refractivity contribution in [1.82, 2.24) is 0 Å². The second-order valence-electron chi connectivity index (χ2n) is 2.98. The number of hydrogen-bond acceptors (Lipinski definition) is 0. The van der Waals surface area contributed by atoms with Crippen molar-refractivity contribution in [2.75, 3.05) is 0 Å². The molecule has 0 heterocycles. The Morgan fingerprint density at radius 3 is 2.18 bits per heavy atom. The second-order valence-corrected chi connectivity index (χ2v) is 2.98. The molecule has 0 fully saturated rings. The minimum absolute atomic E-state index is 0.534. The molecule has 0 aliphatic carbocycles. The van der Waals surface area contributed by atoms with Crippen molar-refractivity contribution in [3.8, 4) is 0 Å². The van der Waals surface area contributed by atoms with Crippen molar-refractivity contribution < 1.29 is 0 Å². The van der Waals surface area contributed by atoms with Crippen molar-refractivity contribution in [1.29, 1.82) is 0 Å². The Balaban J connectivity index is 3.21. The van der Waals surface area contributed by atoms with Gasteiger partial charge in [-0.3, -0.25) is 0 Å². The van der Waals surface area contributed by atoms with Gasteiger partial charge in [0.2, 0.25) is 0 Å². The number of hydrogen-bond donors (Lipinski definition) is 0. The minimum atomic E-state index is 0.534. The molecule has 0 aliphatic rings. The first-order valence-electron chi connectivity index (χ1n) is 4.60. The Labute approximate surface area is 71.0 Å². The SMILES string of the molecule is C=CC(C=C)CCCCCC. The van der Waals surface area contributed by atoms with Crippen LogP contribution in [0.3, 0.4) is 0 Å². The molecule has 0 rings (SSSR count). The largest absolute Gasteiger partial charge is 0.102 e. The molecule has 0 spiro atoms. The highest BCUT2D eigenvalue weighted by atomic mass is 14.0. The minimum Gasteiger partial charge on any atom is -0.102 e. The van der Waals surface area contributed by atoms with E-state index in [0.29, 0.717) is 5.92 Å². The van der Waals surface area contributed by atoms with E-state index in [1.165, 1.54) is 32.1 Å². The zero-order valence-electron chi connectivity index (χ0n) is 7.68. The van der Waals surface area contributed by atoms with Crippen molar-refractivity contribution in [2.45, 2.75) is 39.0 Å². The predicted molar refractivity (Wildman–Crippen MR) is 52.6 cm³/mol. The normalized spacial score (nSPS) is 10.0. The summed E-state index contributed by atoms with van der Waals surface area (Å²) in [4.78, 5) is 0. The average molecular weight is 152 g/mol. The van der Waals surface area contributed by atoms with Crippen LogP contribution < -0.4 is 0 Å². The fourth-order valence-electron chi connectivity index (χ4n) is 1.14. The summed E-state index contributed by atoms with van der Waals surface area (Å²) in [6, 6.07) is 0. The van der Waals surface area contributed by atoms with Gasteiger partial charge in [-0.05, 0) is 12.3 Å². The summed E-state index contributed by atoms with van der Waals surface area (Å²) in [5, 5.41) is 0. The Morgan fingerprint density at radius 2 is 1.73 bits per heavy atom. The first kappa shape index (κ1) is 10.5. The van der Waals surface area contributed by atoms with Gasteiger partial charge < -0.3 is 0 Å². The van der Waals surface area contributed by atoms with Gasteiger partial charge in [0.1, 0.15) is 0 Å². The molecule has 0 unspecified atom stereocenters. The lowest BCUT2D eigenvalue weighted by atomic mass is 10.0. The molecule has 0 aliphatic heterocycles. The summed E-state index contributed by atoms with van der Waals surface area (Å²) in [6.45, 7) is 9.75. The fourth-order valence-corrected chi connectivity index (χ4v) is 1.14. The maximum absolute atomic E-state index is 3.76. The highest BCUT2D eigenvalue weighted by molar-refractivity contribution is 4.91. The molecule has 0 atom stereocenters. The molecule has 0 saturated carbocycles. The van der Waals surface area contributed by atoms with E-state index in [4.69, 9.17) is 0 Å². The maximum Gasteiger partial charge on any atom is -0.00589 e. The van der Waals surface area contributed by atoms with E-state index in [9.17, 15) is 0 Å². The van der Waals surface area contributed by atoms with Gasteiger partial charge in [0, 0.05) is 0 Å². The lowest BCUT2D eigenvalue weighted by Gasteiger charge is -2.04. The molecule has 0 amide bonds. The van der Waals surface area contributed by atoms with Gasteiger partial charge in [-0.25, -0.2) is 0 Å². The van der Waals surface area contributed by atoms with E-state index in [1.807, 2.05) is 12.2 Å². The molecule has 64 valence electrons. The van der Waals surface area contributed by atoms with Crippen LogP contribution in [0.1, 0.15) is 39.0 Å². The average Bonchev–Trinajstić information content (AvgIpc) is 2.05. The highest BCUT2D eigenvalue weighted by Gasteiger charge is 1.96. The van der Waals surface area contributed by atoms with Gasteiger partial charge >= 0.3 is 0 Å². The van der Waals surface area contributed by atoms with Crippen LogP contribution in [0.25, 0.3) is 0 Å². The molecule has 0 radical (unpaired) electrons. The molecule has 0 saturated heterocycles. The first-order chi connectivity index (χ1) is 5.35. The van der Waals surface area contributed by atoms with Crippen LogP contribution in [0.15, 0.2) is 25.3 Å². The molecular weight excluding hydrogens is 132 g/mol. The summed E-state index contributed by atoms with van der Waals surface area (Å²) in [5.74, 6) is 0.534. The molecule has 0 heteroatoms. The van der Waals surface area contributed by atoms with Crippen LogP contribution in [0.4, 0.5) is 0 Å².